The lowest BCUT2D eigenvalue weighted by atomic mass is 10.1. The van der Waals surface area contributed by atoms with Crippen molar-refractivity contribution >= 4 is 28.7 Å². The summed E-state index contributed by atoms with van der Waals surface area (Å²) in [6.07, 6.45) is -5.19. The summed E-state index contributed by atoms with van der Waals surface area (Å²) in [6.45, 7) is 1.25. The minimum Gasteiger partial charge on any atom is -0.452 e. The second-order valence-corrected chi connectivity index (χ2v) is 6.10. The number of benzene rings is 2. The van der Waals surface area contributed by atoms with E-state index in [1.54, 1.807) is 6.07 Å². The summed E-state index contributed by atoms with van der Waals surface area (Å²) in [6, 6.07) is 9.62. The summed E-state index contributed by atoms with van der Waals surface area (Å²) >= 11 is 5.74. The third-order valence-corrected chi connectivity index (χ3v) is 4.04. The molecule has 2 aromatic carbocycles. The highest BCUT2D eigenvalue weighted by Crippen LogP contribution is 2.39. The van der Waals surface area contributed by atoms with E-state index in [1.807, 2.05) is 0 Å². The van der Waals surface area contributed by atoms with E-state index in [0.717, 1.165) is 6.07 Å². The number of carbonyl (C=O) groups excluding carboxylic acids is 1. The molecule has 4 nitrogen and oxygen atoms in total. The van der Waals surface area contributed by atoms with Crippen molar-refractivity contribution in [1.29, 1.82) is 0 Å². The Kier molecular flexibility index (Phi) is 5.01. The predicted octanol–water partition coefficient (Wildman–Crippen LogP) is 5.71. The van der Waals surface area contributed by atoms with Gasteiger partial charge in [-0.25, -0.2) is 22.4 Å². The van der Waals surface area contributed by atoms with E-state index in [2.05, 4.69) is 0 Å². The molecular weight excluding hydrogens is 390 g/mol. The highest BCUT2D eigenvalue weighted by atomic mass is 35.5. The van der Waals surface area contributed by atoms with Crippen molar-refractivity contribution in [2.75, 3.05) is 0 Å². The number of ether oxygens (including phenoxy) is 1. The maximum absolute atomic E-state index is 15.1. The molecule has 3 rings (SSSR count). The van der Waals surface area contributed by atoms with Crippen LogP contribution in [0.4, 0.5) is 22.4 Å². The normalized spacial score (nSPS) is 13.6. The maximum atomic E-state index is 15.1. The molecule has 0 spiro atoms. The van der Waals surface area contributed by atoms with Crippen LogP contribution in [0.5, 0.6) is 5.75 Å². The Balaban J connectivity index is 1.99. The molecule has 142 valence electrons. The molecule has 0 aliphatic carbocycles. The van der Waals surface area contributed by atoms with E-state index in [9.17, 15) is 18.0 Å². The van der Waals surface area contributed by atoms with Crippen LogP contribution in [0.3, 0.4) is 0 Å². The molecule has 9 heteroatoms. The van der Waals surface area contributed by atoms with Crippen LogP contribution in [0, 0.1) is 12.7 Å². The molecule has 1 heterocycles. The molecule has 0 saturated heterocycles. The zero-order chi connectivity index (χ0) is 19.8. The number of amides is 1. The first-order chi connectivity index (χ1) is 12.7. The monoisotopic (exact) mass is 401 g/mol. The molecular formula is C18H12ClF4NO3. The molecule has 0 fully saturated rings. The van der Waals surface area contributed by atoms with Gasteiger partial charge in [-0.15, -0.1) is 0 Å². The topological polar surface area (TPSA) is 51.5 Å². The van der Waals surface area contributed by atoms with Gasteiger partial charge >= 0.3 is 11.9 Å². The zero-order valence-corrected chi connectivity index (χ0v) is 14.5. The second kappa shape index (κ2) is 7.11. The molecule has 1 unspecified atom stereocenters. The van der Waals surface area contributed by atoms with Gasteiger partial charge in [0.05, 0.1) is 0 Å². The summed E-state index contributed by atoms with van der Waals surface area (Å²) in [4.78, 5) is 11.9. The van der Waals surface area contributed by atoms with Crippen molar-refractivity contribution in [3.05, 3.63) is 64.6 Å². The van der Waals surface area contributed by atoms with E-state index in [-0.39, 0.29) is 21.7 Å². The summed E-state index contributed by atoms with van der Waals surface area (Å²) in [5.41, 5.74) is -0.581. The molecule has 1 amide bonds. The number of halogens is 5. The fourth-order valence-electron chi connectivity index (χ4n) is 2.57. The van der Waals surface area contributed by atoms with Gasteiger partial charge in [0.2, 0.25) is 0 Å². The van der Waals surface area contributed by atoms with Gasteiger partial charge < -0.3 is 9.15 Å². The molecule has 0 aliphatic rings. The molecule has 0 bridgehead atoms. The molecule has 0 saturated carbocycles. The van der Waals surface area contributed by atoms with Gasteiger partial charge in [0.1, 0.15) is 5.75 Å². The van der Waals surface area contributed by atoms with Crippen molar-refractivity contribution in [2.45, 2.75) is 19.1 Å². The smallest absolute Gasteiger partial charge is 0.415 e. The third kappa shape index (κ3) is 3.57. The van der Waals surface area contributed by atoms with Crippen molar-refractivity contribution in [3.63, 3.8) is 0 Å². The van der Waals surface area contributed by atoms with Crippen molar-refractivity contribution in [2.24, 2.45) is 0 Å². The maximum Gasteiger partial charge on any atom is 0.415 e. The Morgan fingerprint density at radius 3 is 2.56 bits per heavy atom. The lowest BCUT2D eigenvalue weighted by Crippen LogP contribution is -2.49. The fourth-order valence-corrected chi connectivity index (χ4v) is 2.78. The van der Waals surface area contributed by atoms with Crippen LogP contribution in [-0.2, 0) is 5.79 Å². The van der Waals surface area contributed by atoms with Crippen LogP contribution in [0.15, 0.2) is 46.9 Å². The van der Waals surface area contributed by atoms with Crippen LogP contribution in [0.2, 0.25) is 5.02 Å². The largest absolute Gasteiger partial charge is 0.452 e. The molecule has 0 aliphatic heterocycles. The number of fused-ring (bicyclic) bond motifs is 1. The average molecular weight is 402 g/mol. The number of nitrogens with one attached hydrogen (secondary N) is 1. The lowest BCUT2D eigenvalue weighted by Gasteiger charge is -2.23. The van der Waals surface area contributed by atoms with Gasteiger partial charge in [0.25, 0.3) is 6.43 Å². The van der Waals surface area contributed by atoms with Crippen LogP contribution in [-0.4, -0.2) is 12.5 Å². The predicted molar refractivity (Wildman–Crippen MR) is 90.3 cm³/mol. The summed E-state index contributed by atoms with van der Waals surface area (Å²) in [5, 5.41) is 1.46. The van der Waals surface area contributed by atoms with Gasteiger partial charge in [-0.3, -0.25) is 5.32 Å². The van der Waals surface area contributed by atoms with Gasteiger partial charge in [-0.1, -0.05) is 29.8 Å². The Morgan fingerprint density at radius 2 is 1.93 bits per heavy atom. The Hall–Kier alpha value is -2.74. The van der Waals surface area contributed by atoms with Crippen LogP contribution >= 0.6 is 11.6 Å². The number of aryl methyl sites for hydroxylation is 1. The summed E-state index contributed by atoms with van der Waals surface area (Å²) in [5.74, 6) is -5.62. The van der Waals surface area contributed by atoms with Crippen LogP contribution in [0.1, 0.15) is 11.3 Å². The number of hydrogen-bond donors (Lipinski definition) is 1. The Bertz CT molecular complexity index is 993. The van der Waals surface area contributed by atoms with E-state index in [4.69, 9.17) is 20.8 Å². The molecule has 1 N–H and O–H groups in total. The zero-order valence-electron chi connectivity index (χ0n) is 13.7. The van der Waals surface area contributed by atoms with Gasteiger partial charge in [0.15, 0.2) is 17.2 Å². The molecule has 1 atom stereocenters. The second-order valence-electron chi connectivity index (χ2n) is 5.66. The highest BCUT2D eigenvalue weighted by Gasteiger charge is 2.49. The number of alkyl halides is 3. The molecule has 27 heavy (non-hydrogen) atoms. The minimum atomic E-state index is -3.74. The Labute approximate surface area is 155 Å². The van der Waals surface area contributed by atoms with Crippen LogP contribution < -0.4 is 10.1 Å². The average Bonchev–Trinajstić information content (AvgIpc) is 2.93. The number of rotatable bonds is 4. The number of hydrogen-bond acceptors (Lipinski definition) is 3. The first-order valence-corrected chi connectivity index (χ1v) is 8.01. The van der Waals surface area contributed by atoms with Crippen molar-refractivity contribution < 1.29 is 31.5 Å². The van der Waals surface area contributed by atoms with E-state index >= 15 is 4.39 Å². The summed E-state index contributed by atoms with van der Waals surface area (Å²) < 4.78 is 65.9. The molecule has 1 aromatic heterocycles. The quantitative estimate of drug-likeness (QED) is 0.450. The first-order valence-electron chi connectivity index (χ1n) is 7.63. The minimum absolute atomic E-state index is 0.0101. The van der Waals surface area contributed by atoms with Gasteiger partial charge in [-0.05, 0) is 31.2 Å². The summed E-state index contributed by atoms with van der Waals surface area (Å²) in [7, 11) is 0. The number of carbonyl (C=O) groups is 1. The third-order valence-electron chi connectivity index (χ3n) is 3.83. The van der Waals surface area contributed by atoms with Crippen LogP contribution in [0.25, 0.3) is 11.0 Å². The highest BCUT2D eigenvalue weighted by molar-refractivity contribution is 6.31. The number of furan rings is 1. The van der Waals surface area contributed by atoms with Crippen molar-refractivity contribution in [3.8, 4) is 5.75 Å². The van der Waals surface area contributed by atoms with E-state index in [0.29, 0.717) is 0 Å². The van der Waals surface area contributed by atoms with Crippen molar-refractivity contribution in [1.82, 2.24) is 5.32 Å². The standard InChI is InChI=1S/C18H12ClF4NO3/c1-9-12-7-10(19)8-13(20)14(12)27-15(9)18(23,16(21)22)24-17(25)26-11-5-3-2-4-6-11/h2-8,16H,1H3,(H,24,25). The first kappa shape index (κ1) is 19.0. The fraction of sp³-hybridized carbons (Fsp3) is 0.167. The molecule has 0 radical (unpaired) electrons. The van der Waals surface area contributed by atoms with E-state index in [1.165, 1.54) is 42.6 Å². The number of para-hydroxylation sites is 1. The molecule has 3 aromatic rings. The van der Waals surface area contributed by atoms with E-state index < -0.39 is 35.5 Å². The Morgan fingerprint density at radius 1 is 1.26 bits per heavy atom. The van der Waals surface area contributed by atoms with Gasteiger partial charge in [-0.2, -0.15) is 0 Å². The lowest BCUT2D eigenvalue weighted by molar-refractivity contribution is -0.0703. The van der Waals surface area contributed by atoms with Gasteiger partial charge in [0, 0.05) is 16.0 Å². The SMILES string of the molecule is Cc1c(C(F)(NC(=O)Oc2ccccc2)C(F)F)oc2c(F)cc(Cl)cc12.